The molecule has 0 radical (unpaired) electrons. The van der Waals surface area contributed by atoms with Crippen LogP contribution < -0.4 is 0 Å². The van der Waals surface area contributed by atoms with Gasteiger partial charge in [-0.1, -0.05) is 286 Å². The first kappa shape index (κ1) is 84.1. The quantitative estimate of drug-likeness (QED) is 0.0222. The van der Waals surface area contributed by atoms with E-state index in [0.717, 1.165) is 109 Å². The molecule has 510 valence electrons. The number of carbonyl (C=O) groups excluding carboxylic acids is 4. The summed E-state index contributed by atoms with van der Waals surface area (Å²) in [7, 11) is -9.89. The van der Waals surface area contributed by atoms with Gasteiger partial charge < -0.3 is 33.8 Å². The Morgan fingerprint density at radius 1 is 0.314 bits per heavy atom. The van der Waals surface area contributed by atoms with Gasteiger partial charge in [0.25, 0.3) is 0 Å². The molecule has 0 rings (SSSR count). The average molecular weight is 1270 g/mol. The summed E-state index contributed by atoms with van der Waals surface area (Å²) in [6.07, 6.45) is 43.4. The van der Waals surface area contributed by atoms with Crippen molar-refractivity contribution in [2.24, 2.45) is 11.8 Å². The van der Waals surface area contributed by atoms with Crippen LogP contribution in [0.25, 0.3) is 0 Å². The molecule has 0 amide bonds. The van der Waals surface area contributed by atoms with Crippen molar-refractivity contribution < 1.29 is 80.2 Å². The molecule has 0 fully saturated rings. The molecule has 2 unspecified atom stereocenters. The SMILES string of the molecule is CCCCCCCCCCCCCC(=O)OC[C@H](COP(=O)(O)OC[C@@H](O)COP(=O)(O)OC[C@@H](COC(=O)CCCCCCCCC)OC(=O)CCCCCCCCC(C)C)OC(=O)CCCCCCCCCCCCCCCCCCC(C)C. The lowest BCUT2D eigenvalue weighted by Crippen LogP contribution is -2.30. The molecule has 0 aliphatic heterocycles. The van der Waals surface area contributed by atoms with Crippen LogP contribution in [0, 0.1) is 11.8 Å². The zero-order valence-corrected chi connectivity index (χ0v) is 57.4. The molecule has 0 spiro atoms. The maximum Gasteiger partial charge on any atom is 0.472 e. The Hall–Kier alpha value is -1.94. The van der Waals surface area contributed by atoms with Gasteiger partial charge in [-0.2, -0.15) is 0 Å². The van der Waals surface area contributed by atoms with Gasteiger partial charge in [0.15, 0.2) is 12.2 Å². The topological polar surface area (TPSA) is 237 Å². The van der Waals surface area contributed by atoms with E-state index in [1.54, 1.807) is 0 Å². The Kier molecular flexibility index (Phi) is 58.0. The fourth-order valence-corrected chi connectivity index (χ4v) is 11.6. The summed E-state index contributed by atoms with van der Waals surface area (Å²) < 4.78 is 68.0. The van der Waals surface area contributed by atoms with Crippen LogP contribution in [0.2, 0.25) is 0 Å². The number of phosphoric acid groups is 2. The van der Waals surface area contributed by atoms with Crippen molar-refractivity contribution in [1.82, 2.24) is 0 Å². The van der Waals surface area contributed by atoms with Gasteiger partial charge in [-0.05, 0) is 37.5 Å². The number of aliphatic hydroxyl groups excluding tert-OH is 1. The third-order valence-electron chi connectivity index (χ3n) is 15.5. The molecule has 0 saturated carbocycles. The molecule has 0 aromatic carbocycles. The first-order chi connectivity index (χ1) is 41.4. The van der Waals surface area contributed by atoms with Gasteiger partial charge >= 0.3 is 39.5 Å². The zero-order chi connectivity index (χ0) is 63.6. The first-order valence-corrected chi connectivity index (χ1v) is 38.0. The fourth-order valence-electron chi connectivity index (χ4n) is 10.1. The number of ether oxygens (including phenoxy) is 4. The number of aliphatic hydroxyl groups is 1. The zero-order valence-electron chi connectivity index (χ0n) is 55.6. The van der Waals surface area contributed by atoms with Crippen molar-refractivity contribution in [3.63, 3.8) is 0 Å². The highest BCUT2D eigenvalue weighted by Gasteiger charge is 2.30. The second-order valence-corrected chi connectivity index (χ2v) is 28.1. The number of esters is 4. The summed E-state index contributed by atoms with van der Waals surface area (Å²) in [6.45, 7) is 9.41. The lowest BCUT2D eigenvalue weighted by atomic mass is 10.0. The number of rotatable bonds is 66. The van der Waals surface area contributed by atoms with Crippen LogP contribution in [0.5, 0.6) is 0 Å². The fraction of sp³-hybridized carbons (Fsp3) is 0.940. The van der Waals surface area contributed by atoms with Crippen LogP contribution in [-0.4, -0.2) is 96.7 Å². The monoisotopic (exact) mass is 1270 g/mol. The van der Waals surface area contributed by atoms with Gasteiger partial charge in [0.05, 0.1) is 26.4 Å². The van der Waals surface area contributed by atoms with Crippen molar-refractivity contribution in [1.29, 1.82) is 0 Å². The molecule has 3 N–H and O–H groups in total. The van der Waals surface area contributed by atoms with Gasteiger partial charge in [0, 0.05) is 25.7 Å². The Morgan fingerprint density at radius 3 is 0.791 bits per heavy atom. The van der Waals surface area contributed by atoms with Crippen molar-refractivity contribution in [3.05, 3.63) is 0 Å². The van der Waals surface area contributed by atoms with E-state index >= 15 is 0 Å². The third-order valence-corrected chi connectivity index (χ3v) is 17.4. The lowest BCUT2D eigenvalue weighted by Gasteiger charge is -2.21. The number of hydrogen-bond acceptors (Lipinski definition) is 15. The van der Waals surface area contributed by atoms with E-state index in [0.29, 0.717) is 31.6 Å². The molecule has 19 heteroatoms. The molecule has 0 aromatic heterocycles. The summed E-state index contributed by atoms with van der Waals surface area (Å²) in [5.41, 5.74) is 0. The van der Waals surface area contributed by atoms with E-state index in [9.17, 15) is 43.2 Å². The minimum absolute atomic E-state index is 0.102. The Morgan fingerprint density at radius 2 is 0.535 bits per heavy atom. The minimum Gasteiger partial charge on any atom is -0.462 e. The van der Waals surface area contributed by atoms with Gasteiger partial charge in [-0.15, -0.1) is 0 Å². The number of carbonyl (C=O) groups is 4. The smallest absolute Gasteiger partial charge is 0.462 e. The van der Waals surface area contributed by atoms with E-state index in [2.05, 4.69) is 41.5 Å². The molecule has 0 aliphatic rings. The molecule has 17 nitrogen and oxygen atoms in total. The molecule has 0 heterocycles. The second-order valence-electron chi connectivity index (χ2n) is 25.2. The Bertz CT molecular complexity index is 1680. The lowest BCUT2D eigenvalue weighted by molar-refractivity contribution is -0.161. The van der Waals surface area contributed by atoms with Crippen LogP contribution in [0.15, 0.2) is 0 Å². The third kappa shape index (κ3) is 60.9. The number of phosphoric ester groups is 2. The highest BCUT2D eigenvalue weighted by atomic mass is 31.2. The first-order valence-electron chi connectivity index (χ1n) is 35.0. The van der Waals surface area contributed by atoms with Crippen LogP contribution in [0.4, 0.5) is 0 Å². The van der Waals surface area contributed by atoms with E-state index < -0.39 is 97.5 Å². The normalized spacial score (nSPS) is 14.2. The highest BCUT2D eigenvalue weighted by molar-refractivity contribution is 7.47. The maximum absolute atomic E-state index is 13.0. The Balaban J connectivity index is 5.15. The largest absolute Gasteiger partial charge is 0.472 e. The van der Waals surface area contributed by atoms with Crippen molar-refractivity contribution >= 4 is 39.5 Å². The minimum atomic E-state index is -4.95. The van der Waals surface area contributed by atoms with Crippen molar-refractivity contribution in [2.75, 3.05) is 39.6 Å². The van der Waals surface area contributed by atoms with Gasteiger partial charge in [-0.25, -0.2) is 9.13 Å². The van der Waals surface area contributed by atoms with Gasteiger partial charge in [0.2, 0.25) is 0 Å². The van der Waals surface area contributed by atoms with E-state index in [4.69, 9.17) is 37.0 Å². The van der Waals surface area contributed by atoms with Crippen LogP contribution in [-0.2, 0) is 65.4 Å². The van der Waals surface area contributed by atoms with E-state index in [-0.39, 0.29) is 25.7 Å². The van der Waals surface area contributed by atoms with E-state index in [1.165, 1.54) is 141 Å². The van der Waals surface area contributed by atoms with Gasteiger partial charge in [-0.3, -0.25) is 37.3 Å². The summed E-state index contributed by atoms with van der Waals surface area (Å²) in [4.78, 5) is 72.2. The number of unbranched alkanes of at least 4 members (excludes halogenated alkanes) is 36. The molecule has 0 aliphatic carbocycles. The molecule has 86 heavy (non-hydrogen) atoms. The average Bonchev–Trinajstić information content (AvgIpc) is 3.66. The van der Waals surface area contributed by atoms with Crippen LogP contribution in [0.3, 0.4) is 0 Å². The standard InChI is InChI=1S/C67H130O17P2/c1-7-9-11-13-15-16-23-27-31-38-44-50-65(70)78-56-62(83-66(71)51-45-39-32-28-25-22-20-18-17-19-21-24-26-30-35-41-47-59(3)4)57-81-85(73,74)79-53-61(68)54-80-86(75,76)82-58-63(55-77-64(69)49-43-37-29-14-12-10-8-2)84-67(72)52-46-40-34-33-36-42-48-60(5)6/h59-63,68H,7-58H2,1-6H3,(H,73,74)(H,75,76)/t61-,62-,63-/m1/s1. The summed E-state index contributed by atoms with van der Waals surface area (Å²) >= 11 is 0. The summed E-state index contributed by atoms with van der Waals surface area (Å²) in [5.74, 6) is -0.658. The number of hydrogen-bond donors (Lipinski definition) is 3. The molecular weight excluding hydrogens is 1140 g/mol. The van der Waals surface area contributed by atoms with Crippen molar-refractivity contribution in [3.8, 4) is 0 Å². The molecule has 0 bridgehead atoms. The van der Waals surface area contributed by atoms with Gasteiger partial charge in [0.1, 0.15) is 19.3 Å². The molecule has 0 aromatic rings. The van der Waals surface area contributed by atoms with Crippen LogP contribution in [0.1, 0.15) is 337 Å². The predicted octanol–water partition coefficient (Wildman–Crippen LogP) is 18.8. The van der Waals surface area contributed by atoms with E-state index in [1.807, 2.05) is 0 Å². The van der Waals surface area contributed by atoms with Crippen molar-refractivity contribution in [2.45, 2.75) is 355 Å². The molecule has 5 atom stereocenters. The second kappa shape index (κ2) is 59.4. The highest BCUT2D eigenvalue weighted by Crippen LogP contribution is 2.45. The predicted molar refractivity (Wildman–Crippen MR) is 345 cm³/mol. The Labute approximate surface area is 524 Å². The maximum atomic E-state index is 13.0. The summed E-state index contributed by atoms with van der Waals surface area (Å²) in [5, 5.41) is 10.5. The summed E-state index contributed by atoms with van der Waals surface area (Å²) in [6, 6.07) is 0. The van der Waals surface area contributed by atoms with Crippen LogP contribution >= 0.6 is 15.6 Å². The molecule has 0 saturated heterocycles. The molecular formula is C67H130O17P2.